The highest BCUT2D eigenvalue weighted by Crippen LogP contribution is 2.23. The van der Waals surface area contributed by atoms with Crippen LogP contribution in [0.4, 0.5) is 0 Å². The van der Waals surface area contributed by atoms with Gasteiger partial charge in [0, 0.05) is 25.8 Å². The van der Waals surface area contributed by atoms with Gasteiger partial charge in [0.15, 0.2) is 0 Å². The molecule has 112 valence electrons. The number of carboxylic acid groups (broad SMARTS) is 1. The van der Waals surface area contributed by atoms with E-state index in [4.69, 9.17) is 9.84 Å². The zero-order chi connectivity index (χ0) is 14.7. The van der Waals surface area contributed by atoms with Crippen molar-refractivity contribution in [3.63, 3.8) is 0 Å². The van der Waals surface area contributed by atoms with E-state index in [1.54, 1.807) is 21.6 Å². The molecule has 0 bridgehead atoms. The Labute approximate surface area is 121 Å². The van der Waals surface area contributed by atoms with Gasteiger partial charge in [-0.15, -0.1) is 11.8 Å². The molecule has 0 saturated carbocycles. The number of thioether (sulfide) groups is 1. The maximum absolute atomic E-state index is 12.5. The Hall–Kier alpha value is -1.28. The quantitative estimate of drug-likeness (QED) is 0.764. The second-order valence-corrected chi connectivity index (χ2v) is 5.88. The van der Waals surface area contributed by atoms with Crippen LogP contribution in [-0.4, -0.2) is 76.2 Å². The first kappa shape index (κ1) is 15.1. The van der Waals surface area contributed by atoms with E-state index in [1.165, 1.54) is 6.92 Å². The number of rotatable bonds is 3. The van der Waals surface area contributed by atoms with E-state index < -0.39 is 18.1 Å². The van der Waals surface area contributed by atoms with Gasteiger partial charge in [-0.1, -0.05) is 0 Å². The predicted molar refractivity (Wildman–Crippen MR) is 72.2 cm³/mol. The molecule has 2 fully saturated rings. The lowest BCUT2D eigenvalue weighted by atomic mass is 10.1. The molecule has 2 rings (SSSR count). The van der Waals surface area contributed by atoms with Crippen molar-refractivity contribution in [2.24, 2.45) is 0 Å². The fourth-order valence-electron chi connectivity index (χ4n) is 2.41. The minimum absolute atomic E-state index is 0.108. The number of carbonyl (C=O) groups is 3. The summed E-state index contributed by atoms with van der Waals surface area (Å²) < 4.78 is 5.35. The Balaban J connectivity index is 1.97. The number of morpholine rings is 1. The maximum atomic E-state index is 12.5. The number of hydrogen-bond acceptors (Lipinski definition) is 5. The van der Waals surface area contributed by atoms with Crippen molar-refractivity contribution < 1.29 is 24.2 Å². The van der Waals surface area contributed by atoms with Crippen molar-refractivity contribution in [1.29, 1.82) is 0 Å². The van der Waals surface area contributed by atoms with Crippen LogP contribution in [0.1, 0.15) is 13.3 Å². The smallest absolute Gasteiger partial charge is 0.306 e. The average Bonchev–Trinajstić information content (AvgIpc) is 2.86. The van der Waals surface area contributed by atoms with E-state index >= 15 is 0 Å². The molecule has 0 aliphatic carbocycles. The van der Waals surface area contributed by atoms with Crippen LogP contribution in [0.15, 0.2) is 0 Å². The highest BCUT2D eigenvalue weighted by molar-refractivity contribution is 7.99. The fraction of sp³-hybridized carbons (Fsp3) is 0.750. The van der Waals surface area contributed by atoms with Gasteiger partial charge in [-0.25, -0.2) is 0 Å². The molecule has 1 N–H and O–H groups in total. The Morgan fingerprint density at radius 3 is 2.80 bits per heavy atom. The minimum Gasteiger partial charge on any atom is -0.481 e. The molecule has 2 heterocycles. The van der Waals surface area contributed by atoms with Crippen LogP contribution in [0, 0.1) is 0 Å². The Morgan fingerprint density at radius 2 is 2.15 bits per heavy atom. The van der Waals surface area contributed by atoms with Gasteiger partial charge < -0.3 is 19.6 Å². The largest absolute Gasteiger partial charge is 0.481 e. The topological polar surface area (TPSA) is 87.2 Å². The summed E-state index contributed by atoms with van der Waals surface area (Å²) in [6, 6.07) is -0.430. The number of nitrogens with zero attached hydrogens (tertiary/aromatic N) is 2. The van der Waals surface area contributed by atoms with E-state index in [-0.39, 0.29) is 24.8 Å². The maximum Gasteiger partial charge on any atom is 0.306 e. The highest BCUT2D eigenvalue weighted by atomic mass is 32.2. The lowest BCUT2D eigenvalue weighted by molar-refractivity contribution is -0.151. The Kier molecular flexibility index (Phi) is 4.87. The van der Waals surface area contributed by atoms with Crippen LogP contribution in [0.2, 0.25) is 0 Å². The number of carbonyl (C=O) groups excluding carboxylic acids is 2. The first-order valence-corrected chi connectivity index (χ1v) is 7.61. The van der Waals surface area contributed by atoms with E-state index in [0.29, 0.717) is 24.8 Å². The van der Waals surface area contributed by atoms with E-state index in [9.17, 15) is 14.4 Å². The normalized spacial score (nSPS) is 26.6. The van der Waals surface area contributed by atoms with Gasteiger partial charge >= 0.3 is 5.97 Å². The third-order valence-electron chi connectivity index (χ3n) is 3.42. The van der Waals surface area contributed by atoms with Crippen molar-refractivity contribution in [1.82, 2.24) is 9.80 Å². The molecule has 0 aromatic carbocycles. The summed E-state index contributed by atoms with van der Waals surface area (Å²) in [6.07, 6.45) is -0.579. The van der Waals surface area contributed by atoms with Crippen LogP contribution in [0.5, 0.6) is 0 Å². The number of hydrogen-bond donors (Lipinski definition) is 1. The fourth-order valence-corrected chi connectivity index (χ4v) is 3.62. The first-order valence-electron chi connectivity index (χ1n) is 6.46. The van der Waals surface area contributed by atoms with Gasteiger partial charge in [-0.3, -0.25) is 14.4 Å². The molecule has 8 heteroatoms. The third kappa shape index (κ3) is 3.43. The van der Waals surface area contributed by atoms with E-state index in [0.717, 1.165) is 0 Å². The SMILES string of the molecule is CC(=O)N1CSCC1C(=O)N1CCOC(CC(=O)O)C1. The second kappa shape index (κ2) is 6.45. The molecule has 2 amide bonds. The summed E-state index contributed by atoms with van der Waals surface area (Å²) in [4.78, 5) is 37.8. The van der Waals surface area contributed by atoms with E-state index in [2.05, 4.69) is 0 Å². The van der Waals surface area contributed by atoms with Crippen LogP contribution in [-0.2, 0) is 19.1 Å². The van der Waals surface area contributed by atoms with Crippen LogP contribution < -0.4 is 0 Å². The van der Waals surface area contributed by atoms with Crippen LogP contribution >= 0.6 is 11.8 Å². The molecular formula is C12H18N2O5S. The summed E-state index contributed by atoms with van der Waals surface area (Å²) in [7, 11) is 0. The number of amides is 2. The molecule has 0 radical (unpaired) electrons. The van der Waals surface area contributed by atoms with Crippen molar-refractivity contribution in [3.05, 3.63) is 0 Å². The van der Waals surface area contributed by atoms with Crippen molar-refractivity contribution in [2.75, 3.05) is 31.3 Å². The predicted octanol–water partition coefficient (Wildman–Crippen LogP) is -0.390. The Bertz CT molecular complexity index is 417. The van der Waals surface area contributed by atoms with Gasteiger partial charge in [0.25, 0.3) is 0 Å². The standard InChI is InChI=1S/C12H18N2O5S/c1-8(15)14-7-20-6-10(14)12(18)13-2-3-19-9(5-13)4-11(16)17/h9-10H,2-7H2,1H3,(H,16,17). The first-order chi connectivity index (χ1) is 9.49. The number of carboxylic acids is 1. The molecule has 2 aliphatic heterocycles. The third-order valence-corrected chi connectivity index (χ3v) is 4.44. The van der Waals surface area contributed by atoms with Gasteiger partial charge in [0.05, 0.1) is 25.0 Å². The second-order valence-electron chi connectivity index (χ2n) is 4.88. The Morgan fingerprint density at radius 1 is 1.40 bits per heavy atom. The van der Waals surface area contributed by atoms with Gasteiger partial charge in [0.1, 0.15) is 6.04 Å². The molecular weight excluding hydrogens is 284 g/mol. The molecule has 7 nitrogen and oxygen atoms in total. The lowest BCUT2D eigenvalue weighted by Gasteiger charge is -2.35. The average molecular weight is 302 g/mol. The molecule has 2 aliphatic rings. The summed E-state index contributed by atoms with van der Waals surface area (Å²) in [5, 5.41) is 8.78. The van der Waals surface area contributed by atoms with Crippen LogP contribution in [0.25, 0.3) is 0 Å². The zero-order valence-electron chi connectivity index (χ0n) is 11.3. The summed E-state index contributed by atoms with van der Waals surface area (Å²) >= 11 is 1.55. The van der Waals surface area contributed by atoms with Gasteiger partial charge in [0.2, 0.25) is 11.8 Å². The monoisotopic (exact) mass is 302 g/mol. The molecule has 0 aromatic rings. The van der Waals surface area contributed by atoms with Crippen molar-refractivity contribution in [2.45, 2.75) is 25.5 Å². The number of ether oxygens (including phenoxy) is 1. The molecule has 0 aromatic heterocycles. The van der Waals surface area contributed by atoms with Gasteiger partial charge in [-0.05, 0) is 0 Å². The summed E-state index contributed by atoms with van der Waals surface area (Å²) in [6.45, 7) is 2.52. The molecule has 2 saturated heterocycles. The van der Waals surface area contributed by atoms with Crippen molar-refractivity contribution in [3.8, 4) is 0 Å². The zero-order valence-corrected chi connectivity index (χ0v) is 12.1. The molecule has 20 heavy (non-hydrogen) atoms. The highest BCUT2D eigenvalue weighted by Gasteiger charge is 2.37. The molecule has 2 unspecified atom stereocenters. The van der Waals surface area contributed by atoms with E-state index in [1.807, 2.05) is 0 Å². The molecule has 0 spiro atoms. The summed E-state index contributed by atoms with van der Waals surface area (Å²) in [5.74, 6) is -0.0211. The van der Waals surface area contributed by atoms with Gasteiger partial charge in [-0.2, -0.15) is 0 Å². The summed E-state index contributed by atoms with van der Waals surface area (Å²) in [5.41, 5.74) is 0. The van der Waals surface area contributed by atoms with Crippen LogP contribution in [0.3, 0.4) is 0 Å². The minimum atomic E-state index is -0.939. The van der Waals surface area contributed by atoms with Crippen molar-refractivity contribution >= 4 is 29.5 Å². The lowest BCUT2D eigenvalue weighted by Crippen LogP contribution is -2.53. The molecule has 2 atom stereocenters. The number of aliphatic carboxylic acids is 1.